The number of nitrogens with zero attached hydrogens (tertiary/aromatic N) is 4. The number of benzene rings is 1. The summed E-state index contributed by atoms with van der Waals surface area (Å²) < 4.78 is 7.58. The van der Waals surface area contributed by atoms with E-state index in [0.29, 0.717) is 30.3 Å². The highest BCUT2D eigenvalue weighted by Gasteiger charge is 2.16. The minimum absolute atomic E-state index is 0.0761. The molecule has 0 saturated carbocycles. The van der Waals surface area contributed by atoms with Gasteiger partial charge in [0.15, 0.2) is 0 Å². The summed E-state index contributed by atoms with van der Waals surface area (Å²) in [6.07, 6.45) is 2.43. The summed E-state index contributed by atoms with van der Waals surface area (Å²) in [6.45, 7) is 4.38. The van der Waals surface area contributed by atoms with Crippen molar-refractivity contribution >= 4 is 22.2 Å². The summed E-state index contributed by atoms with van der Waals surface area (Å²) in [5, 5.41) is 9.12. The van der Waals surface area contributed by atoms with E-state index in [1.54, 1.807) is 15.9 Å². The van der Waals surface area contributed by atoms with Gasteiger partial charge in [0.1, 0.15) is 12.1 Å². The summed E-state index contributed by atoms with van der Waals surface area (Å²) in [7, 11) is 0. The minimum Gasteiger partial charge on any atom is -0.441 e. The molecule has 0 aliphatic carbocycles. The number of hydrogen-bond acceptors (Lipinski definition) is 6. The standard InChI is InChI=1S/C19H19N5O2S/c1-12-5-3-4-6-15(12)18-23-16(13(2)26-18)9-17(25)20-8-7-14-10-27-19-21-11-22-24(14)19/h3-6,10-11H,7-9H2,1-2H3,(H,20,25). The Balaban J connectivity index is 1.37. The van der Waals surface area contributed by atoms with E-state index in [-0.39, 0.29) is 12.3 Å². The number of amides is 1. The summed E-state index contributed by atoms with van der Waals surface area (Å²) in [4.78, 5) is 21.8. The predicted octanol–water partition coefficient (Wildman–Crippen LogP) is 2.96. The normalized spacial score (nSPS) is 11.2. The SMILES string of the molecule is Cc1ccccc1-c1nc(CC(=O)NCCc2csc3ncnn23)c(C)o1. The van der Waals surface area contributed by atoms with Crippen molar-refractivity contribution < 1.29 is 9.21 Å². The second kappa shape index (κ2) is 7.32. The Bertz CT molecular complexity index is 1090. The molecule has 1 aromatic carbocycles. The third kappa shape index (κ3) is 3.61. The molecule has 0 atom stereocenters. The van der Waals surface area contributed by atoms with Gasteiger partial charge in [-0.05, 0) is 25.5 Å². The number of oxazole rings is 1. The highest BCUT2D eigenvalue weighted by atomic mass is 32.1. The second-order valence-corrected chi connectivity index (χ2v) is 7.13. The van der Waals surface area contributed by atoms with Crippen molar-refractivity contribution in [3.05, 3.63) is 58.7 Å². The van der Waals surface area contributed by atoms with E-state index in [4.69, 9.17) is 4.42 Å². The fourth-order valence-corrected chi connectivity index (χ4v) is 3.74. The van der Waals surface area contributed by atoms with E-state index in [0.717, 1.165) is 21.8 Å². The van der Waals surface area contributed by atoms with Crippen molar-refractivity contribution in [1.82, 2.24) is 24.9 Å². The zero-order chi connectivity index (χ0) is 18.8. The van der Waals surface area contributed by atoms with E-state index >= 15 is 0 Å². The van der Waals surface area contributed by atoms with Gasteiger partial charge in [0.25, 0.3) is 0 Å². The van der Waals surface area contributed by atoms with Gasteiger partial charge >= 0.3 is 0 Å². The van der Waals surface area contributed by atoms with E-state index in [9.17, 15) is 4.79 Å². The summed E-state index contributed by atoms with van der Waals surface area (Å²) >= 11 is 1.54. The smallest absolute Gasteiger partial charge is 0.226 e. The molecule has 0 bridgehead atoms. The summed E-state index contributed by atoms with van der Waals surface area (Å²) in [5.74, 6) is 1.15. The maximum Gasteiger partial charge on any atom is 0.226 e. The third-order valence-corrected chi connectivity index (χ3v) is 5.27. The van der Waals surface area contributed by atoms with Crippen LogP contribution in [0.5, 0.6) is 0 Å². The Kier molecular flexibility index (Phi) is 4.72. The van der Waals surface area contributed by atoms with Crippen LogP contribution in [0.3, 0.4) is 0 Å². The average Bonchev–Trinajstić information content (AvgIpc) is 3.33. The van der Waals surface area contributed by atoms with Crippen LogP contribution in [0.15, 0.2) is 40.4 Å². The first-order valence-electron chi connectivity index (χ1n) is 8.67. The largest absolute Gasteiger partial charge is 0.441 e. The number of nitrogens with one attached hydrogen (secondary N) is 1. The van der Waals surface area contributed by atoms with Gasteiger partial charge in [-0.25, -0.2) is 14.5 Å². The van der Waals surface area contributed by atoms with Crippen LogP contribution >= 0.6 is 11.3 Å². The van der Waals surface area contributed by atoms with Crippen LogP contribution < -0.4 is 5.32 Å². The highest BCUT2D eigenvalue weighted by molar-refractivity contribution is 7.15. The molecule has 3 heterocycles. The quantitative estimate of drug-likeness (QED) is 0.555. The fourth-order valence-electron chi connectivity index (χ4n) is 2.91. The Labute approximate surface area is 160 Å². The van der Waals surface area contributed by atoms with Crippen LogP contribution in [-0.2, 0) is 17.6 Å². The highest BCUT2D eigenvalue weighted by Crippen LogP contribution is 2.24. The molecule has 0 fully saturated rings. The molecule has 8 heteroatoms. The molecule has 1 amide bonds. The predicted molar refractivity (Wildman–Crippen MR) is 103 cm³/mol. The van der Waals surface area contributed by atoms with Gasteiger partial charge in [-0.3, -0.25) is 4.79 Å². The van der Waals surface area contributed by atoms with Crippen molar-refractivity contribution in [2.24, 2.45) is 0 Å². The molecule has 0 radical (unpaired) electrons. The Morgan fingerprint density at radius 1 is 1.30 bits per heavy atom. The number of carbonyl (C=O) groups is 1. The van der Waals surface area contributed by atoms with E-state index < -0.39 is 0 Å². The van der Waals surface area contributed by atoms with Crippen molar-refractivity contribution in [2.75, 3.05) is 6.54 Å². The van der Waals surface area contributed by atoms with E-state index in [1.165, 1.54) is 6.33 Å². The molecule has 0 aliphatic rings. The lowest BCUT2D eigenvalue weighted by Gasteiger charge is -2.03. The van der Waals surface area contributed by atoms with Gasteiger partial charge in [0, 0.05) is 23.9 Å². The van der Waals surface area contributed by atoms with Crippen LogP contribution in [-0.4, -0.2) is 32.0 Å². The average molecular weight is 381 g/mol. The Hall–Kier alpha value is -3.00. The molecule has 0 saturated heterocycles. The lowest BCUT2D eigenvalue weighted by molar-refractivity contribution is -0.120. The van der Waals surface area contributed by atoms with Crippen LogP contribution in [0.25, 0.3) is 16.4 Å². The van der Waals surface area contributed by atoms with E-state index in [1.807, 2.05) is 43.5 Å². The van der Waals surface area contributed by atoms with E-state index in [2.05, 4.69) is 20.4 Å². The van der Waals surface area contributed by atoms with Crippen molar-refractivity contribution in [3.8, 4) is 11.5 Å². The molecular weight excluding hydrogens is 362 g/mol. The first kappa shape index (κ1) is 17.4. The van der Waals surface area contributed by atoms with Crippen LogP contribution in [0.2, 0.25) is 0 Å². The first-order valence-corrected chi connectivity index (χ1v) is 9.55. The first-order chi connectivity index (χ1) is 13.1. The molecule has 0 spiro atoms. The molecule has 0 unspecified atom stereocenters. The Morgan fingerprint density at radius 2 is 2.15 bits per heavy atom. The fraction of sp³-hybridized carbons (Fsp3) is 0.263. The van der Waals surface area contributed by atoms with Crippen LogP contribution in [0.4, 0.5) is 0 Å². The summed E-state index contributed by atoms with van der Waals surface area (Å²) in [5.41, 5.74) is 3.73. The molecule has 0 aliphatic heterocycles. The van der Waals surface area contributed by atoms with Gasteiger partial charge in [-0.2, -0.15) is 5.10 Å². The number of fused-ring (bicyclic) bond motifs is 1. The zero-order valence-corrected chi connectivity index (χ0v) is 15.9. The van der Waals surface area contributed by atoms with Gasteiger partial charge in [0.05, 0.1) is 17.8 Å². The van der Waals surface area contributed by atoms with Gasteiger partial charge in [-0.1, -0.05) is 18.2 Å². The molecule has 27 heavy (non-hydrogen) atoms. The number of rotatable bonds is 6. The van der Waals surface area contributed by atoms with Crippen LogP contribution in [0.1, 0.15) is 22.7 Å². The topological polar surface area (TPSA) is 85.3 Å². The molecule has 138 valence electrons. The van der Waals surface area contributed by atoms with Crippen molar-refractivity contribution in [3.63, 3.8) is 0 Å². The number of carbonyl (C=O) groups excluding carboxylic acids is 1. The molecule has 4 aromatic rings. The van der Waals surface area contributed by atoms with Gasteiger partial charge in [0.2, 0.25) is 16.8 Å². The third-order valence-electron chi connectivity index (χ3n) is 4.39. The van der Waals surface area contributed by atoms with Gasteiger partial charge in [-0.15, -0.1) is 11.3 Å². The maximum atomic E-state index is 12.3. The monoisotopic (exact) mass is 381 g/mol. The lowest BCUT2D eigenvalue weighted by Crippen LogP contribution is -2.27. The molecule has 1 N–H and O–H groups in total. The Morgan fingerprint density at radius 3 is 3.00 bits per heavy atom. The zero-order valence-electron chi connectivity index (χ0n) is 15.1. The molecule has 7 nitrogen and oxygen atoms in total. The number of aromatic nitrogens is 4. The van der Waals surface area contributed by atoms with Crippen molar-refractivity contribution in [1.29, 1.82) is 0 Å². The number of thiazole rings is 1. The van der Waals surface area contributed by atoms with Crippen molar-refractivity contribution in [2.45, 2.75) is 26.7 Å². The molecule has 3 aromatic heterocycles. The van der Waals surface area contributed by atoms with Crippen LogP contribution in [0, 0.1) is 13.8 Å². The summed E-state index contributed by atoms with van der Waals surface area (Å²) in [6, 6.07) is 7.91. The number of hydrogen-bond donors (Lipinski definition) is 1. The second-order valence-electron chi connectivity index (χ2n) is 6.30. The number of aryl methyl sites for hydroxylation is 2. The van der Waals surface area contributed by atoms with Gasteiger partial charge < -0.3 is 9.73 Å². The molecule has 4 rings (SSSR count). The minimum atomic E-state index is -0.0761. The maximum absolute atomic E-state index is 12.3. The lowest BCUT2D eigenvalue weighted by atomic mass is 10.1. The molecular formula is C19H19N5O2S.